The third-order valence-corrected chi connectivity index (χ3v) is 7.67. The summed E-state index contributed by atoms with van der Waals surface area (Å²) in [5.74, 6) is 0. The van der Waals surface area contributed by atoms with Crippen molar-refractivity contribution in [3.05, 3.63) is 35.9 Å². The van der Waals surface area contributed by atoms with Gasteiger partial charge in [0.2, 0.25) is 0 Å². The highest BCUT2D eigenvalue weighted by atomic mass is 31.2. The van der Waals surface area contributed by atoms with Gasteiger partial charge < -0.3 is 4.57 Å². The Bertz CT molecular complexity index is 490. The normalized spacial score (nSPS) is 12.8. The molecule has 1 aromatic carbocycles. The predicted molar refractivity (Wildman–Crippen MR) is 82.3 cm³/mol. The van der Waals surface area contributed by atoms with Gasteiger partial charge in [-0.25, -0.2) is 4.57 Å². The molecule has 0 bridgehead atoms. The van der Waals surface area contributed by atoms with Crippen LogP contribution in [0.1, 0.15) is 19.4 Å². The minimum absolute atomic E-state index is 0.239. The second kappa shape index (κ2) is 7.53. The fourth-order valence-corrected chi connectivity index (χ4v) is 6.02. The second-order valence-electron chi connectivity index (χ2n) is 4.61. The van der Waals surface area contributed by atoms with E-state index in [0.717, 1.165) is 5.56 Å². The molecule has 114 valence electrons. The Morgan fingerprint density at radius 2 is 1.50 bits per heavy atom. The number of rotatable bonds is 8. The molecule has 0 N–H and O–H groups in total. The van der Waals surface area contributed by atoms with Crippen molar-refractivity contribution in [2.24, 2.45) is 0 Å². The lowest BCUT2D eigenvalue weighted by molar-refractivity contribution is 0.189. The molecule has 0 heterocycles. The van der Waals surface area contributed by atoms with Crippen molar-refractivity contribution in [2.45, 2.75) is 20.4 Å². The third-order valence-electron chi connectivity index (χ3n) is 2.59. The summed E-state index contributed by atoms with van der Waals surface area (Å²) < 4.78 is 37.4. The van der Waals surface area contributed by atoms with Gasteiger partial charge in [0.15, 0.2) is 7.29 Å². The highest BCUT2D eigenvalue weighted by molar-refractivity contribution is 7.71. The average molecular weight is 319 g/mol. The second-order valence-corrected chi connectivity index (χ2v) is 9.94. The van der Waals surface area contributed by atoms with Gasteiger partial charge in [-0.3, -0.25) is 9.05 Å². The van der Waals surface area contributed by atoms with Crippen LogP contribution in [-0.4, -0.2) is 31.0 Å². The van der Waals surface area contributed by atoms with Gasteiger partial charge in [0.1, 0.15) is 0 Å². The predicted octanol–water partition coefficient (Wildman–Crippen LogP) is 4.21. The Morgan fingerprint density at radius 1 is 1.00 bits per heavy atom. The van der Waals surface area contributed by atoms with Crippen molar-refractivity contribution < 1.29 is 18.2 Å². The van der Waals surface area contributed by atoms with Gasteiger partial charge in [0, 0.05) is 19.9 Å². The minimum atomic E-state index is -3.55. The van der Waals surface area contributed by atoms with Crippen molar-refractivity contribution in [1.82, 2.24) is 4.44 Å². The van der Waals surface area contributed by atoms with E-state index in [2.05, 4.69) is 0 Å². The van der Waals surface area contributed by atoms with Gasteiger partial charge in [0.05, 0.1) is 13.2 Å². The van der Waals surface area contributed by atoms with Crippen molar-refractivity contribution in [1.29, 1.82) is 0 Å². The summed E-state index contributed by atoms with van der Waals surface area (Å²) in [6.07, 6.45) is 0. The third kappa shape index (κ3) is 4.83. The maximum Gasteiger partial charge on any atom is 0.414 e. The standard InChI is InChI=1S/C13H23NO4P2/c1-5-17-20(16,18-6-2)14(19(3,4)15)12-13-10-8-7-9-11-13/h7-11H,5-6,12H2,1-4H3. The molecule has 0 radical (unpaired) electrons. The van der Waals surface area contributed by atoms with E-state index >= 15 is 0 Å². The zero-order valence-corrected chi connectivity index (χ0v) is 14.3. The van der Waals surface area contributed by atoms with Crippen molar-refractivity contribution in [3.63, 3.8) is 0 Å². The Balaban J connectivity index is 3.11. The molecule has 0 saturated heterocycles. The minimum Gasteiger partial charge on any atom is -0.307 e. The van der Waals surface area contributed by atoms with E-state index in [0.29, 0.717) is 0 Å². The van der Waals surface area contributed by atoms with E-state index in [9.17, 15) is 9.13 Å². The maximum absolute atomic E-state index is 12.9. The summed E-state index contributed by atoms with van der Waals surface area (Å²) in [6, 6.07) is 9.46. The summed E-state index contributed by atoms with van der Waals surface area (Å²) in [4.78, 5) is 0. The van der Waals surface area contributed by atoms with E-state index in [4.69, 9.17) is 9.05 Å². The summed E-state index contributed by atoms with van der Waals surface area (Å²) in [5, 5.41) is 0. The average Bonchev–Trinajstić information content (AvgIpc) is 2.36. The van der Waals surface area contributed by atoms with Crippen molar-refractivity contribution >= 4 is 15.0 Å². The van der Waals surface area contributed by atoms with Crippen LogP contribution in [0.25, 0.3) is 0 Å². The van der Waals surface area contributed by atoms with Crippen LogP contribution < -0.4 is 0 Å². The smallest absolute Gasteiger partial charge is 0.307 e. The van der Waals surface area contributed by atoms with Gasteiger partial charge >= 0.3 is 7.75 Å². The van der Waals surface area contributed by atoms with Gasteiger partial charge in [-0.1, -0.05) is 30.3 Å². The molecule has 5 nitrogen and oxygen atoms in total. The van der Waals surface area contributed by atoms with Crippen LogP contribution in [0.15, 0.2) is 30.3 Å². The van der Waals surface area contributed by atoms with Gasteiger partial charge in [-0.15, -0.1) is 0 Å². The largest absolute Gasteiger partial charge is 0.414 e. The molecule has 0 saturated carbocycles. The van der Waals surface area contributed by atoms with Gasteiger partial charge in [0.25, 0.3) is 0 Å². The van der Waals surface area contributed by atoms with E-state index in [1.54, 1.807) is 27.2 Å². The first-order chi connectivity index (χ1) is 9.33. The lowest BCUT2D eigenvalue weighted by Crippen LogP contribution is -2.20. The molecule has 0 atom stereocenters. The van der Waals surface area contributed by atoms with E-state index < -0.39 is 15.0 Å². The fourth-order valence-electron chi connectivity index (χ4n) is 1.76. The monoisotopic (exact) mass is 319 g/mol. The molecule has 0 aromatic heterocycles. The molecule has 1 aromatic rings. The highest BCUT2D eigenvalue weighted by Crippen LogP contribution is 2.65. The van der Waals surface area contributed by atoms with E-state index in [1.165, 1.54) is 4.44 Å². The maximum atomic E-state index is 12.9. The molecular formula is C13H23NO4P2. The van der Waals surface area contributed by atoms with Crippen LogP contribution in [-0.2, 0) is 24.7 Å². The van der Waals surface area contributed by atoms with E-state index in [1.807, 2.05) is 30.3 Å². The Hall–Kier alpha value is -0.440. The molecule has 0 aliphatic rings. The van der Waals surface area contributed by atoms with Crippen LogP contribution in [0.3, 0.4) is 0 Å². The summed E-state index contributed by atoms with van der Waals surface area (Å²) in [6.45, 7) is 7.36. The van der Waals surface area contributed by atoms with Crippen LogP contribution in [0.2, 0.25) is 0 Å². The summed E-state index contributed by atoms with van der Waals surface area (Å²) in [5.41, 5.74) is 0.913. The molecule has 0 aliphatic carbocycles. The molecule has 0 aliphatic heterocycles. The first-order valence-electron chi connectivity index (χ1n) is 6.60. The van der Waals surface area contributed by atoms with Crippen LogP contribution >= 0.6 is 15.0 Å². The topological polar surface area (TPSA) is 55.8 Å². The van der Waals surface area contributed by atoms with Crippen LogP contribution in [0, 0.1) is 0 Å². The van der Waals surface area contributed by atoms with Gasteiger partial charge in [-0.2, -0.15) is 4.44 Å². The van der Waals surface area contributed by atoms with Gasteiger partial charge in [-0.05, 0) is 19.4 Å². The number of hydrogen-bond acceptors (Lipinski definition) is 4. The number of benzene rings is 1. The first-order valence-corrected chi connectivity index (χ1v) is 10.6. The van der Waals surface area contributed by atoms with E-state index in [-0.39, 0.29) is 19.8 Å². The molecule has 0 spiro atoms. The molecule has 20 heavy (non-hydrogen) atoms. The lowest BCUT2D eigenvalue weighted by atomic mass is 10.2. The zero-order chi connectivity index (χ0) is 15.2. The summed E-state index contributed by atoms with van der Waals surface area (Å²) >= 11 is 0. The van der Waals surface area contributed by atoms with Crippen LogP contribution in [0.4, 0.5) is 0 Å². The lowest BCUT2D eigenvalue weighted by Gasteiger charge is -2.32. The Labute approximate surface area is 121 Å². The fraction of sp³-hybridized carbons (Fsp3) is 0.538. The Morgan fingerprint density at radius 3 is 1.90 bits per heavy atom. The zero-order valence-electron chi connectivity index (χ0n) is 12.5. The number of nitrogens with zero attached hydrogens (tertiary/aromatic N) is 1. The van der Waals surface area contributed by atoms with Crippen molar-refractivity contribution in [2.75, 3.05) is 26.5 Å². The molecule has 7 heteroatoms. The quantitative estimate of drug-likeness (QED) is 0.672. The molecule has 0 fully saturated rings. The molecule has 1 rings (SSSR count). The SMILES string of the molecule is CCOP(=O)(OCC)N(Cc1ccccc1)P(C)(C)=O. The first kappa shape index (κ1) is 17.6. The molecule has 0 unspecified atom stereocenters. The number of hydrogen-bond donors (Lipinski definition) is 0. The van der Waals surface area contributed by atoms with Crippen molar-refractivity contribution in [3.8, 4) is 0 Å². The highest BCUT2D eigenvalue weighted by Gasteiger charge is 2.40. The molecular weight excluding hydrogens is 296 g/mol. The Kier molecular flexibility index (Phi) is 6.63. The van der Waals surface area contributed by atoms with Crippen LogP contribution in [0.5, 0.6) is 0 Å². The molecule has 0 amide bonds. The summed E-state index contributed by atoms with van der Waals surface area (Å²) in [7, 11) is -6.35.